The Hall–Kier alpha value is -0.370. The van der Waals surface area contributed by atoms with Crippen LogP contribution < -0.4 is 0 Å². The molecule has 0 heterocycles. The van der Waals surface area contributed by atoms with E-state index >= 15 is 0 Å². The SMILES string of the molecule is CCCOC(CC)(CC(C)CC)C(C)=O. The van der Waals surface area contributed by atoms with Gasteiger partial charge in [-0.15, -0.1) is 0 Å². The van der Waals surface area contributed by atoms with Crippen molar-refractivity contribution in [3.05, 3.63) is 0 Å². The van der Waals surface area contributed by atoms with Crippen molar-refractivity contribution in [1.82, 2.24) is 0 Å². The molecular formula is C13H26O2. The summed E-state index contributed by atoms with van der Waals surface area (Å²) in [6.45, 7) is 10.8. The van der Waals surface area contributed by atoms with Gasteiger partial charge in [-0.25, -0.2) is 0 Å². The fourth-order valence-electron chi connectivity index (χ4n) is 1.80. The molecule has 15 heavy (non-hydrogen) atoms. The zero-order valence-corrected chi connectivity index (χ0v) is 10.9. The van der Waals surface area contributed by atoms with Crippen LogP contribution in [0.2, 0.25) is 0 Å². The van der Waals surface area contributed by atoms with Gasteiger partial charge < -0.3 is 4.74 Å². The Bertz CT molecular complexity index is 189. The third kappa shape index (κ3) is 4.33. The van der Waals surface area contributed by atoms with Crippen LogP contribution in [0.4, 0.5) is 0 Å². The van der Waals surface area contributed by atoms with Crippen LogP contribution in [-0.4, -0.2) is 18.0 Å². The molecule has 90 valence electrons. The van der Waals surface area contributed by atoms with Crippen molar-refractivity contribution >= 4 is 5.78 Å². The second-order valence-electron chi connectivity index (χ2n) is 4.47. The number of Topliss-reactive ketones (excluding diaryl/α,β-unsaturated/α-hetero) is 1. The number of carbonyl (C=O) groups excluding carboxylic acids is 1. The quantitative estimate of drug-likeness (QED) is 0.617. The number of hydrogen-bond acceptors (Lipinski definition) is 2. The predicted molar refractivity (Wildman–Crippen MR) is 64.0 cm³/mol. The van der Waals surface area contributed by atoms with Crippen LogP contribution in [0.1, 0.15) is 60.3 Å². The molecule has 0 amide bonds. The molecular weight excluding hydrogens is 188 g/mol. The molecule has 2 heteroatoms. The Morgan fingerprint density at radius 2 is 1.93 bits per heavy atom. The second-order valence-corrected chi connectivity index (χ2v) is 4.47. The summed E-state index contributed by atoms with van der Waals surface area (Å²) in [6.07, 6.45) is 3.71. The standard InChI is InChI=1S/C13H26O2/c1-6-9-15-13(8-3,12(5)14)10-11(4)7-2/h11H,6-10H2,1-5H3. The maximum atomic E-state index is 11.7. The van der Waals surface area contributed by atoms with Crippen LogP contribution >= 0.6 is 0 Å². The molecule has 0 aromatic rings. The molecule has 0 aromatic heterocycles. The lowest BCUT2D eigenvalue weighted by Gasteiger charge is -2.32. The fraction of sp³-hybridized carbons (Fsp3) is 0.923. The van der Waals surface area contributed by atoms with Crippen molar-refractivity contribution < 1.29 is 9.53 Å². The van der Waals surface area contributed by atoms with Gasteiger partial charge in [-0.1, -0.05) is 34.1 Å². The molecule has 0 saturated heterocycles. The molecule has 0 radical (unpaired) electrons. The van der Waals surface area contributed by atoms with E-state index in [0.717, 1.165) is 25.7 Å². The Morgan fingerprint density at radius 1 is 1.33 bits per heavy atom. The van der Waals surface area contributed by atoms with Gasteiger partial charge in [-0.2, -0.15) is 0 Å². The molecule has 0 aliphatic carbocycles. The van der Waals surface area contributed by atoms with E-state index in [9.17, 15) is 4.79 Å². The Labute approximate surface area is 94.4 Å². The average Bonchev–Trinajstić information content (AvgIpc) is 2.23. The van der Waals surface area contributed by atoms with E-state index in [2.05, 4.69) is 20.8 Å². The summed E-state index contributed by atoms with van der Waals surface area (Å²) < 4.78 is 5.81. The molecule has 0 rings (SSSR count). The van der Waals surface area contributed by atoms with Crippen LogP contribution in [0.25, 0.3) is 0 Å². The highest BCUT2D eigenvalue weighted by Gasteiger charge is 2.35. The smallest absolute Gasteiger partial charge is 0.161 e. The molecule has 0 spiro atoms. The number of rotatable bonds is 8. The minimum atomic E-state index is -0.522. The summed E-state index contributed by atoms with van der Waals surface area (Å²) in [5, 5.41) is 0. The van der Waals surface area contributed by atoms with Crippen molar-refractivity contribution in [2.45, 2.75) is 65.9 Å². The number of ketones is 1. The summed E-state index contributed by atoms with van der Waals surface area (Å²) in [4.78, 5) is 11.7. The van der Waals surface area contributed by atoms with E-state index in [0.29, 0.717) is 12.5 Å². The molecule has 0 bridgehead atoms. The number of hydrogen-bond donors (Lipinski definition) is 0. The first-order valence-electron chi connectivity index (χ1n) is 6.17. The highest BCUT2D eigenvalue weighted by molar-refractivity contribution is 5.84. The summed E-state index contributed by atoms with van der Waals surface area (Å²) in [6, 6.07) is 0. The maximum Gasteiger partial charge on any atom is 0.161 e. The number of ether oxygens (including phenoxy) is 1. The van der Waals surface area contributed by atoms with Gasteiger partial charge in [0.05, 0.1) is 0 Å². The third-order valence-electron chi connectivity index (χ3n) is 3.17. The summed E-state index contributed by atoms with van der Waals surface area (Å²) in [5.74, 6) is 0.726. The molecule has 2 unspecified atom stereocenters. The van der Waals surface area contributed by atoms with Crippen molar-refractivity contribution in [3.63, 3.8) is 0 Å². The molecule has 0 aliphatic heterocycles. The lowest BCUT2D eigenvalue weighted by Crippen LogP contribution is -2.41. The first kappa shape index (κ1) is 14.6. The summed E-state index contributed by atoms with van der Waals surface area (Å²) in [5.41, 5.74) is -0.522. The van der Waals surface area contributed by atoms with E-state index < -0.39 is 5.60 Å². The van der Waals surface area contributed by atoms with Crippen molar-refractivity contribution in [2.24, 2.45) is 5.92 Å². The van der Waals surface area contributed by atoms with E-state index in [1.54, 1.807) is 6.92 Å². The van der Waals surface area contributed by atoms with E-state index in [1.165, 1.54) is 0 Å². The molecule has 2 atom stereocenters. The lowest BCUT2D eigenvalue weighted by molar-refractivity contribution is -0.146. The minimum absolute atomic E-state index is 0.179. The van der Waals surface area contributed by atoms with E-state index in [4.69, 9.17) is 4.74 Å². The third-order valence-corrected chi connectivity index (χ3v) is 3.17. The summed E-state index contributed by atoms with van der Waals surface area (Å²) in [7, 11) is 0. The van der Waals surface area contributed by atoms with Gasteiger partial charge in [0.15, 0.2) is 5.78 Å². The zero-order chi connectivity index (χ0) is 11.9. The Kier molecular flexibility index (Phi) is 6.82. The van der Waals surface area contributed by atoms with Crippen molar-refractivity contribution in [1.29, 1.82) is 0 Å². The largest absolute Gasteiger partial charge is 0.367 e. The van der Waals surface area contributed by atoms with Crippen molar-refractivity contribution in [3.8, 4) is 0 Å². The van der Waals surface area contributed by atoms with Gasteiger partial charge in [0.1, 0.15) is 5.60 Å². The fourth-order valence-corrected chi connectivity index (χ4v) is 1.80. The van der Waals surface area contributed by atoms with Crippen LogP contribution in [0.3, 0.4) is 0 Å². The molecule has 0 fully saturated rings. The highest BCUT2D eigenvalue weighted by atomic mass is 16.5. The zero-order valence-electron chi connectivity index (χ0n) is 10.9. The van der Waals surface area contributed by atoms with Gasteiger partial charge >= 0.3 is 0 Å². The van der Waals surface area contributed by atoms with Crippen molar-refractivity contribution in [2.75, 3.05) is 6.61 Å². The summed E-state index contributed by atoms with van der Waals surface area (Å²) >= 11 is 0. The van der Waals surface area contributed by atoms with Gasteiger partial charge in [0, 0.05) is 6.61 Å². The molecule has 0 saturated carbocycles. The van der Waals surface area contributed by atoms with Gasteiger partial charge in [0.25, 0.3) is 0 Å². The number of carbonyl (C=O) groups is 1. The lowest BCUT2D eigenvalue weighted by atomic mass is 9.84. The predicted octanol–water partition coefficient (Wildman–Crippen LogP) is 3.59. The van der Waals surface area contributed by atoms with E-state index in [1.807, 2.05) is 6.92 Å². The molecule has 0 aromatic carbocycles. The van der Waals surface area contributed by atoms with Crippen LogP contribution in [0.15, 0.2) is 0 Å². The first-order valence-corrected chi connectivity index (χ1v) is 6.17. The maximum absolute atomic E-state index is 11.7. The Balaban J connectivity index is 4.57. The molecule has 0 N–H and O–H groups in total. The van der Waals surface area contributed by atoms with Crippen LogP contribution in [0.5, 0.6) is 0 Å². The van der Waals surface area contributed by atoms with Gasteiger partial charge in [-0.3, -0.25) is 4.79 Å². The van der Waals surface area contributed by atoms with E-state index in [-0.39, 0.29) is 5.78 Å². The van der Waals surface area contributed by atoms with Crippen LogP contribution in [-0.2, 0) is 9.53 Å². The van der Waals surface area contributed by atoms with Crippen LogP contribution in [0, 0.1) is 5.92 Å². The van der Waals surface area contributed by atoms with Gasteiger partial charge in [-0.05, 0) is 32.1 Å². The first-order chi connectivity index (χ1) is 7.02. The Morgan fingerprint density at radius 3 is 2.27 bits per heavy atom. The second kappa shape index (κ2) is 7.00. The normalized spacial score (nSPS) is 17.1. The average molecular weight is 214 g/mol. The van der Waals surface area contributed by atoms with Gasteiger partial charge in [0.2, 0.25) is 0 Å². The highest BCUT2D eigenvalue weighted by Crippen LogP contribution is 2.28. The monoisotopic (exact) mass is 214 g/mol. The molecule has 0 aliphatic rings. The topological polar surface area (TPSA) is 26.3 Å². The minimum Gasteiger partial charge on any atom is -0.367 e. The molecule has 2 nitrogen and oxygen atoms in total.